The Hall–Kier alpha value is -3.64. The first-order chi connectivity index (χ1) is 12.6. The lowest BCUT2D eigenvalue weighted by atomic mass is 9.95. The third-order valence-electron chi connectivity index (χ3n) is 4.30. The molecule has 128 valence electrons. The third-order valence-corrected chi connectivity index (χ3v) is 4.30. The van der Waals surface area contributed by atoms with E-state index in [2.05, 4.69) is 11.4 Å². The molecule has 3 rings (SSSR count). The summed E-state index contributed by atoms with van der Waals surface area (Å²) in [4.78, 5) is 14.1. The highest BCUT2D eigenvalue weighted by atomic mass is 19.1. The van der Waals surface area contributed by atoms with Crippen molar-refractivity contribution in [3.63, 3.8) is 0 Å². The average Bonchev–Trinajstić information content (AvgIpc) is 2.68. The molecule has 26 heavy (non-hydrogen) atoms. The summed E-state index contributed by atoms with van der Waals surface area (Å²) >= 11 is 0. The molecule has 6 heteroatoms. The number of nitrogens with one attached hydrogen (secondary N) is 1. The quantitative estimate of drug-likeness (QED) is 0.909. The summed E-state index contributed by atoms with van der Waals surface area (Å²) in [6.07, 6.45) is 0. The van der Waals surface area contributed by atoms with E-state index in [-0.39, 0.29) is 0 Å². The Bertz CT molecular complexity index is 967. The fourth-order valence-electron chi connectivity index (χ4n) is 2.98. The molecule has 2 amide bonds. The van der Waals surface area contributed by atoms with Crippen molar-refractivity contribution >= 4 is 11.7 Å². The standard InChI is InChI=1S/C20H15FN4O/c1-13-18(12-23)19(16-7-5-14(11-22)6-8-16)24-20(26)25(13)17-4-2-3-15(9-17)10-21/h2-9,19H,10H2,1H3,(H,24,26). The van der Waals surface area contributed by atoms with Crippen LogP contribution in [0.25, 0.3) is 0 Å². The molecular weight excluding hydrogens is 331 g/mol. The molecule has 0 saturated heterocycles. The van der Waals surface area contributed by atoms with Crippen molar-refractivity contribution in [3.8, 4) is 12.1 Å². The van der Waals surface area contributed by atoms with Crippen LogP contribution in [-0.4, -0.2) is 6.03 Å². The lowest BCUT2D eigenvalue weighted by molar-refractivity contribution is 0.244. The van der Waals surface area contributed by atoms with Crippen molar-refractivity contribution in [2.45, 2.75) is 19.6 Å². The van der Waals surface area contributed by atoms with Crippen molar-refractivity contribution in [1.29, 1.82) is 10.5 Å². The molecule has 0 fully saturated rings. The molecule has 0 aliphatic carbocycles. The van der Waals surface area contributed by atoms with Gasteiger partial charge in [0.25, 0.3) is 0 Å². The molecule has 0 radical (unpaired) electrons. The van der Waals surface area contributed by atoms with E-state index >= 15 is 0 Å². The number of allylic oxidation sites excluding steroid dienone is 1. The minimum Gasteiger partial charge on any atom is -0.326 e. The first-order valence-electron chi connectivity index (χ1n) is 7.95. The van der Waals surface area contributed by atoms with Crippen LogP contribution in [0.4, 0.5) is 14.9 Å². The van der Waals surface area contributed by atoms with Gasteiger partial charge in [-0.05, 0) is 42.3 Å². The van der Waals surface area contributed by atoms with Crippen LogP contribution in [0, 0.1) is 22.7 Å². The third kappa shape index (κ3) is 3.01. The Morgan fingerprint density at radius 1 is 1.15 bits per heavy atom. The topological polar surface area (TPSA) is 79.9 Å². The van der Waals surface area contributed by atoms with E-state index in [1.807, 2.05) is 6.07 Å². The van der Waals surface area contributed by atoms with Gasteiger partial charge >= 0.3 is 6.03 Å². The smallest absolute Gasteiger partial charge is 0.326 e. The zero-order valence-electron chi connectivity index (χ0n) is 14.0. The summed E-state index contributed by atoms with van der Waals surface area (Å²) in [5.41, 5.74) is 3.05. The van der Waals surface area contributed by atoms with Crippen LogP contribution < -0.4 is 10.2 Å². The van der Waals surface area contributed by atoms with E-state index in [1.54, 1.807) is 55.5 Å². The van der Waals surface area contributed by atoms with Gasteiger partial charge in [0.2, 0.25) is 0 Å². The van der Waals surface area contributed by atoms with Crippen LogP contribution in [-0.2, 0) is 6.67 Å². The highest BCUT2D eigenvalue weighted by molar-refractivity contribution is 5.97. The summed E-state index contributed by atoms with van der Waals surface area (Å²) in [5, 5.41) is 21.4. The molecule has 5 nitrogen and oxygen atoms in total. The summed E-state index contributed by atoms with van der Waals surface area (Å²) in [6.45, 7) is 1.06. The van der Waals surface area contributed by atoms with Crippen LogP contribution in [0.1, 0.15) is 29.7 Å². The van der Waals surface area contributed by atoms with Gasteiger partial charge in [0.1, 0.15) is 6.67 Å². The van der Waals surface area contributed by atoms with Crippen molar-refractivity contribution in [3.05, 3.63) is 76.5 Å². The van der Waals surface area contributed by atoms with Gasteiger partial charge < -0.3 is 5.32 Å². The zero-order valence-corrected chi connectivity index (χ0v) is 14.0. The van der Waals surface area contributed by atoms with E-state index < -0.39 is 18.7 Å². The SMILES string of the molecule is CC1=C(C#N)C(c2ccc(C#N)cc2)NC(=O)N1c1cccc(CF)c1. The van der Waals surface area contributed by atoms with Crippen molar-refractivity contribution in [1.82, 2.24) is 5.32 Å². The van der Waals surface area contributed by atoms with Crippen molar-refractivity contribution in [2.24, 2.45) is 0 Å². The van der Waals surface area contributed by atoms with Gasteiger partial charge in [-0.2, -0.15) is 10.5 Å². The molecule has 2 aromatic carbocycles. The number of anilines is 1. The first-order valence-corrected chi connectivity index (χ1v) is 7.95. The van der Waals surface area contributed by atoms with Crippen molar-refractivity contribution < 1.29 is 9.18 Å². The molecule has 0 aromatic heterocycles. The molecule has 0 bridgehead atoms. The number of nitriles is 2. The summed E-state index contributed by atoms with van der Waals surface area (Å²) < 4.78 is 12.9. The van der Waals surface area contributed by atoms with Crippen LogP contribution in [0.5, 0.6) is 0 Å². The number of urea groups is 1. The highest BCUT2D eigenvalue weighted by Gasteiger charge is 2.33. The van der Waals surface area contributed by atoms with Gasteiger partial charge in [-0.15, -0.1) is 0 Å². The normalized spacial score (nSPS) is 16.7. The number of carbonyl (C=O) groups excluding carboxylic acids is 1. The van der Waals surface area contributed by atoms with Crippen LogP contribution in [0.15, 0.2) is 59.8 Å². The number of rotatable bonds is 3. The number of amides is 2. The van der Waals surface area contributed by atoms with Crippen LogP contribution in [0.2, 0.25) is 0 Å². The van der Waals surface area contributed by atoms with Gasteiger partial charge in [-0.25, -0.2) is 9.18 Å². The zero-order chi connectivity index (χ0) is 18.7. The monoisotopic (exact) mass is 346 g/mol. The van der Waals surface area contributed by atoms with Gasteiger partial charge in [-0.3, -0.25) is 4.90 Å². The second kappa shape index (κ2) is 7.08. The number of alkyl halides is 1. The van der Waals surface area contributed by atoms with E-state index in [4.69, 9.17) is 5.26 Å². The maximum absolute atomic E-state index is 12.9. The first kappa shape index (κ1) is 17.2. The van der Waals surface area contributed by atoms with Gasteiger partial charge in [0.15, 0.2) is 0 Å². The lowest BCUT2D eigenvalue weighted by Crippen LogP contribution is -2.46. The molecule has 1 aliphatic heterocycles. The number of halogens is 1. The number of nitrogens with zero attached hydrogens (tertiary/aromatic N) is 3. The minimum atomic E-state index is -0.634. The Balaban J connectivity index is 2.05. The number of benzene rings is 2. The number of carbonyl (C=O) groups is 1. The largest absolute Gasteiger partial charge is 0.327 e. The van der Waals surface area contributed by atoms with Crippen LogP contribution >= 0.6 is 0 Å². The molecule has 0 saturated carbocycles. The Morgan fingerprint density at radius 2 is 1.88 bits per heavy atom. The fourth-order valence-corrected chi connectivity index (χ4v) is 2.98. The number of hydrogen-bond donors (Lipinski definition) is 1. The van der Waals surface area contributed by atoms with E-state index in [0.717, 1.165) is 0 Å². The molecule has 1 unspecified atom stereocenters. The molecule has 1 aliphatic rings. The molecule has 2 aromatic rings. The second-order valence-corrected chi connectivity index (χ2v) is 5.87. The predicted octanol–water partition coefficient (Wildman–Crippen LogP) is 4.10. The Kier molecular flexibility index (Phi) is 4.68. The Labute approximate surface area is 150 Å². The van der Waals surface area contributed by atoms with E-state index in [1.165, 1.54) is 4.90 Å². The highest BCUT2D eigenvalue weighted by Crippen LogP contribution is 2.33. The van der Waals surface area contributed by atoms with Gasteiger partial charge in [0.05, 0.1) is 35.0 Å². The maximum atomic E-state index is 12.9. The van der Waals surface area contributed by atoms with E-state index in [0.29, 0.717) is 33.6 Å². The molecule has 1 N–H and O–H groups in total. The molecular formula is C20H15FN4O. The summed E-state index contributed by atoms with van der Waals surface area (Å²) in [5.74, 6) is 0. The molecule has 1 heterocycles. The van der Waals surface area contributed by atoms with Gasteiger partial charge in [-0.1, -0.05) is 24.3 Å². The minimum absolute atomic E-state index is 0.389. The Morgan fingerprint density at radius 3 is 2.50 bits per heavy atom. The van der Waals surface area contributed by atoms with E-state index in [9.17, 15) is 14.4 Å². The summed E-state index contributed by atoms with van der Waals surface area (Å²) in [7, 11) is 0. The lowest BCUT2D eigenvalue weighted by Gasteiger charge is -2.34. The van der Waals surface area contributed by atoms with Gasteiger partial charge in [0, 0.05) is 5.70 Å². The predicted molar refractivity (Wildman–Crippen MR) is 94.5 cm³/mol. The second-order valence-electron chi connectivity index (χ2n) is 5.87. The molecule has 1 atom stereocenters. The fraction of sp³-hybridized carbons (Fsp3) is 0.150. The maximum Gasteiger partial charge on any atom is 0.327 e. The average molecular weight is 346 g/mol. The number of hydrogen-bond acceptors (Lipinski definition) is 3. The van der Waals surface area contributed by atoms with Crippen LogP contribution in [0.3, 0.4) is 0 Å². The molecule has 0 spiro atoms. The summed E-state index contributed by atoms with van der Waals surface area (Å²) in [6, 6.07) is 16.5. The van der Waals surface area contributed by atoms with Crippen molar-refractivity contribution in [2.75, 3.05) is 4.90 Å².